The molecule has 0 amide bonds. The van der Waals surface area contributed by atoms with Gasteiger partial charge in [0.05, 0.1) is 0 Å². The number of hydrogen-bond acceptors (Lipinski definition) is 3. The van der Waals surface area contributed by atoms with Crippen molar-refractivity contribution in [3.05, 3.63) is 23.9 Å². The summed E-state index contributed by atoms with van der Waals surface area (Å²) in [4.78, 5) is 9.83. The predicted octanol–water partition coefficient (Wildman–Crippen LogP) is 3.23. The quantitative estimate of drug-likeness (QED) is 0.827. The maximum atomic E-state index is 4.70. The molecule has 3 heterocycles. The highest BCUT2D eigenvalue weighted by atomic mass is 15.2. The van der Waals surface area contributed by atoms with Crippen LogP contribution in [0.4, 0.5) is 5.82 Å². The molecular formula is C16H25N3. The van der Waals surface area contributed by atoms with E-state index in [9.17, 15) is 0 Å². The number of nitrogens with zero attached hydrogens (tertiary/aromatic N) is 3. The Morgan fingerprint density at radius 1 is 1.21 bits per heavy atom. The number of pyridine rings is 1. The average Bonchev–Trinajstić information content (AvgIpc) is 3.10. The number of likely N-dealkylation sites (tertiary alicyclic amines) is 1. The van der Waals surface area contributed by atoms with Gasteiger partial charge < -0.3 is 4.90 Å². The van der Waals surface area contributed by atoms with E-state index in [1.165, 1.54) is 69.7 Å². The first-order valence-electron chi connectivity index (χ1n) is 7.84. The van der Waals surface area contributed by atoms with E-state index in [0.717, 1.165) is 0 Å². The van der Waals surface area contributed by atoms with Crippen molar-refractivity contribution >= 4 is 5.82 Å². The Morgan fingerprint density at radius 2 is 2.05 bits per heavy atom. The van der Waals surface area contributed by atoms with Gasteiger partial charge in [-0.05, 0) is 51.3 Å². The summed E-state index contributed by atoms with van der Waals surface area (Å²) in [7, 11) is 0. The lowest BCUT2D eigenvalue weighted by Gasteiger charge is -2.28. The Bertz CT molecular complexity index is 412. The van der Waals surface area contributed by atoms with Crippen LogP contribution in [0.3, 0.4) is 0 Å². The molecule has 3 rings (SSSR count). The zero-order valence-electron chi connectivity index (χ0n) is 12.0. The smallest absolute Gasteiger partial charge is 0.133 e. The normalized spacial score (nSPS) is 24.3. The number of hydrogen-bond donors (Lipinski definition) is 0. The van der Waals surface area contributed by atoms with Crippen molar-refractivity contribution in [2.45, 2.75) is 45.1 Å². The van der Waals surface area contributed by atoms with E-state index in [4.69, 9.17) is 4.98 Å². The van der Waals surface area contributed by atoms with E-state index < -0.39 is 0 Å². The van der Waals surface area contributed by atoms with Gasteiger partial charge in [0, 0.05) is 30.9 Å². The molecule has 2 saturated heterocycles. The van der Waals surface area contributed by atoms with E-state index in [1.807, 2.05) is 6.20 Å². The van der Waals surface area contributed by atoms with E-state index in [-0.39, 0.29) is 0 Å². The fraction of sp³-hybridized carbons (Fsp3) is 0.688. The van der Waals surface area contributed by atoms with Gasteiger partial charge in [-0.2, -0.15) is 0 Å². The van der Waals surface area contributed by atoms with Crippen LogP contribution in [0.1, 0.15) is 50.6 Å². The summed E-state index contributed by atoms with van der Waals surface area (Å²) in [6.07, 6.45) is 8.47. The van der Waals surface area contributed by atoms with Gasteiger partial charge in [0.2, 0.25) is 0 Å². The molecule has 19 heavy (non-hydrogen) atoms. The fourth-order valence-corrected chi connectivity index (χ4v) is 3.60. The first kappa shape index (κ1) is 12.9. The van der Waals surface area contributed by atoms with Crippen molar-refractivity contribution in [3.63, 3.8) is 0 Å². The van der Waals surface area contributed by atoms with Crippen molar-refractivity contribution in [2.75, 3.05) is 31.1 Å². The van der Waals surface area contributed by atoms with E-state index in [1.54, 1.807) is 0 Å². The number of rotatable bonds is 4. The lowest BCUT2D eigenvalue weighted by atomic mass is 10.0. The first-order valence-corrected chi connectivity index (χ1v) is 7.84. The number of anilines is 1. The van der Waals surface area contributed by atoms with Crippen LogP contribution >= 0.6 is 0 Å². The molecule has 2 fully saturated rings. The Labute approximate surface area is 116 Å². The summed E-state index contributed by atoms with van der Waals surface area (Å²) in [6.45, 7) is 7.13. The van der Waals surface area contributed by atoms with Crippen LogP contribution in [-0.4, -0.2) is 36.1 Å². The SMILES string of the molecule is CCCN1CCC[C@H]1c1cccnc1N1CCCC1. The van der Waals surface area contributed by atoms with Crippen molar-refractivity contribution < 1.29 is 0 Å². The maximum Gasteiger partial charge on any atom is 0.133 e. The molecule has 0 aromatic carbocycles. The Balaban J connectivity index is 1.86. The molecule has 1 atom stereocenters. The van der Waals surface area contributed by atoms with Crippen LogP contribution in [0.5, 0.6) is 0 Å². The molecule has 2 aliphatic heterocycles. The third-order valence-corrected chi connectivity index (χ3v) is 4.46. The zero-order chi connectivity index (χ0) is 13.1. The molecule has 0 saturated carbocycles. The Hall–Kier alpha value is -1.09. The van der Waals surface area contributed by atoms with E-state index in [2.05, 4.69) is 28.9 Å². The lowest BCUT2D eigenvalue weighted by molar-refractivity contribution is 0.258. The van der Waals surface area contributed by atoms with Crippen LogP contribution in [0.2, 0.25) is 0 Å². The van der Waals surface area contributed by atoms with Gasteiger partial charge in [0.1, 0.15) is 5.82 Å². The molecule has 3 nitrogen and oxygen atoms in total. The van der Waals surface area contributed by atoms with Gasteiger partial charge in [-0.3, -0.25) is 4.90 Å². The minimum Gasteiger partial charge on any atom is -0.356 e. The second kappa shape index (κ2) is 5.91. The highest BCUT2D eigenvalue weighted by Gasteiger charge is 2.29. The van der Waals surface area contributed by atoms with Gasteiger partial charge in [-0.15, -0.1) is 0 Å². The van der Waals surface area contributed by atoms with Crippen molar-refractivity contribution in [2.24, 2.45) is 0 Å². The number of aromatic nitrogens is 1. The monoisotopic (exact) mass is 259 g/mol. The molecule has 0 unspecified atom stereocenters. The van der Waals surface area contributed by atoms with E-state index >= 15 is 0 Å². The second-order valence-corrected chi connectivity index (χ2v) is 5.80. The summed E-state index contributed by atoms with van der Waals surface area (Å²) in [5.74, 6) is 1.26. The predicted molar refractivity (Wildman–Crippen MR) is 79.5 cm³/mol. The molecule has 1 aromatic heterocycles. The first-order chi connectivity index (χ1) is 9.40. The minimum atomic E-state index is 0.601. The van der Waals surface area contributed by atoms with Crippen molar-refractivity contribution in [1.29, 1.82) is 0 Å². The average molecular weight is 259 g/mol. The van der Waals surface area contributed by atoms with E-state index in [0.29, 0.717) is 6.04 Å². The van der Waals surface area contributed by atoms with Crippen molar-refractivity contribution in [1.82, 2.24) is 9.88 Å². The summed E-state index contributed by atoms with van der Waals surface area (Å²) >= 11 is 0. The molecule has 0 radical (unpaired) electrons. The molecular weight excluding hydrogens is 234 g/mol. The maximum absolute atomic E-state index is 4.70. The topological polar surface area (TPSA) is 19.4 Å². The molecule has 2 aliphatic rings. The molecule has 104 valence electrons. The summed E-state index contributed by atoms with van der Waals surface area (Å²) in [5.41, 5.74) is 1.47. The molecule has 1 aromatic rings. The fourth-order valence-electron chi connectivity index (χ4n) is 3.60. The Kier molecular flexibility index (Phi) is 4.02. The molecule has 0 spiro atoms. The van der Waals surface area contributed by atoms with Crippen LogP contribution < -0.4 is 4.90 Å². The van der Waals surface area contributed by atoms with Gasteiger partial charge >= 0.3 is 0 Å². The van der Waals surface area contributed by atoms with Gasteiger partial charge in [0.25, 0.3) is 0 Å². The minimum absolute atomic E-state index is 0.601. The third-order valence-electron chi connectivity index (χ3n) is 4.46. The standard InChI is InChI=1S/C16H25N3/c1-2-10-18-13-6-8-15(18)14-7-5-9-17-16(14)19-11-3-4-12-19/h5,7,9,15H,2-4,6,8,10-13H2,1H3/t15-/m0/s1. The van der Waals surface area contributed by atoms with Gasteiger partial charge in [-0.1, -0.05) is 13.0 Å². The molecule has 0 N–H and O–H groups in total. The highest BCUT2D eigenvalue weighted by molar-refractivity contribution is 5.49. The Morgan fingerprint density at radius 3 is 2.84 bits per heavy atom. The zero-order valence-corrected chi connectivity index (χ0v) is 12.0. The van der Waals surface area contributed by atoms with Gasteiger partial charge in [-0.25, -0.2) is 4.98 Å². The molecule has 0 aliphatic carbocycles. The third kappa shape index (κ3) is 2.62. The molecule has 0 bridgehead atoms. The lowest BCUT2D eigenvalue weighted by Crippen LogP contribution is -2.27. The van der Waals surface area contributed by atoms with Gasteiger partial charge in [0.15, 0.2) is 0 Å². The molecule has 3 heteroatoms. The van der Waals surface area contributed by atoms with Crippen LogP contribution in [-0.2, 0) is 0 Å². The van der Waals surface area contributed by atoms with Crippen molar-refractivity contribution in [3.8, 4) is 0 Å². The van der Waals surface area contributed by atoms with Crippen LogP contribution in [0, 0.1) is 0 Å². The summed E-state index contributed by atoms with van der Waals surface area (Å²) < 4.78 is 0. The largest absolute Gasteiger partial charge is 0.356 e. The second-order valence-electron chi connectivity index (χ2n) is 5.80. The highest BCUT2D eigenvalue weighted by Crippen LogP contribution is 2.36. The summed E-state index contributed by atoms with van der Waals surface area (Å²) in [6, 6.07) is 5.01. The van der Waals surface area contributed by atoms with Crippen LogP contribution in [0.15, 0.2) is 18.3 Å². The van der Waals surface area contributed by atoms with Crippen LogP contribution in [0.25, 0.3) is 0 Å². The summed E-state index contributed by atoms with van der Waals surface area (Å²) in [5, 5.41) is 0.